The van der Waals surface area contributed by atoms with E-state index in [9.17, 15) is 9.90 Å². The monoisotopic (exact) mass is 345 g/mol. The highest BCUT2D eigenvalue weighted by Crippen LogP contribution is 2.10. The van der Waals surface area contributed by atoms with Gasteiger partial charge in [-0.25, -0.2) is 14.5 Å². The summed E-state index contributed by atoms with van der Waals surface area (Å²) in [6, 6.07) is 5.63. The molecule has 136 valence electrons. The van der Waals surface area contributed by atoms with Gasteiger partial charge >= 0.3 is 6.03 Å². The van der Waals surface area contributed by atoms with Crippen LogP contribution in [0.4, 0.5) is 4.79 Å². The van der Waals surface area contributed by atoms with Crippen molar-refractivity contribution in [2.24, 2.45) is 0 Å². The van der Waals surface area contributed by atoms with Crippen molar-refractivity contribution in [3.05, 3.63) is 41.3 Å². The zero-order chi connectivity index (χ0) is 18.6. The molecule has 0 spiro atoms. The van der Waals surface area contributed by atoms with Crippen LogP contribution < -0.4 is 5.32 Å². The number of carbonyl (C=O) groups excluding carboxylic acids is 1. The molecule has 7 heteroatoms. The molecule has 25 heavy (non-hydrogen) atoms. The van der Waals surface area contributed by atoms with Gasteiger partial charge < -0.3 is 15.3 Å². The molecule has 0 aliphatic heterocycles. The number of pyridine rings is 1. The predicted octanol–water partition coefficient (Wildman–Crippen LogP) is 2.18. The number of urea groups is 1. The van der Waals surface area contributed by atoms with E-state index < -0.39 is 6.10 Å². The average molecular weight is 345 g/mol. The first-order valence-electron chi connectivity index (χ1n) is 8.49. The molecule has 2 rings (SSSR count). The standard InChI is InChI=1S/C18H27N5O2/c1-12(2)22(11-15(5)24)18(25)20-10-16-6-7-17(19-9-16)23-14(4)8-13(3)21-23/h6-9,12,15,24H,10-11H2,1-5H3,(H,20,25). The number of rotatable bonds is 6. The number of aryl methyl sites for hydroxylation is 2. The average Bonchev–Trinajstić information content (AvgIpc) is 2.89. The van der Waals surface area contributed by atoms with Crippen molar-refractivity contribution in [2.45, 2.75) is 53.3 Å². The number of amides is 2. The predicted molar refractivity (Wildman–Crippen MR) is 96.6 cm³/mol. The number of hydrogen-bond acceptors (Lipinski definition) is 4. The molecule has 2 heterocycles. The van der Waals surface area contributed by atoms with E-state index in [4.69, 9.17) is 0 Å². The lowest BCUT2D eigenvalue weighted by Gasteiger charge is -2.28. The van der Waals surface area contributed by atoms with Gasteiger partial charge in [-0.05, 0) is 52.3 Å². The van der Waals surface area contributed by atoms with E-state index in [-0.39, 0.29) is 12.1 Å². The first kappa shape index (κ1) is 18.9. The molecular formula is C18H27N5O2. The van der Waals surface area contributed by atoms with Crippen LogP contribution in [-0.4, -0.2) is 49.5 Å². The smallest absolute Gasteiger partial charge is 0.317 e. The number of carbonyl (C=O) groups is 1. The first-order valence-corrected chi connectivity index (χ1v) is 8.49. The summed E-state index contributed by atoms with van der Waals surface area (Å²) in [5.41, 5.74) is 2.87. The van der Waals surface area contributed by atoms with Crippen molar-refractivity contribution in [3.8, 4) is 5.82 Å². The molecule has 2 N–H and O–H groups in total. The molecule has 0 fully saturated rings. The quantitative estimate of drug-likeness (QED) is 0.841. The van der Waals surface area contributed by atoms with Gasteiger partial charge in [0.1, 0.15) is 0 Å². The van der Waals surface area contributed by atoms with E-state index in [1.54, 1.807) is 22.7 Å². The van der Waals surface area contributed by atoms with Crippen molar-refractivity contribution in [3.63, 3.8) is 0 Å². The number of nitrogens with zero attached hydrogens (tertiary/aromatic N) is 4. The van der Waals surface area contributed by atoms with Crippen LogP contribution in [0.1, 0.15) is 37.7 Å². The first-order chi connectivity index (χ1) is 11.8. The minimum atomic E-state index is -0.560. The van der Waals surface area contributed by atoms with Crippen molar-refractivity contribution >= 4 is 6.03 Å². The fraction of sp³-hybridized carbons (Fsp3) is 0.500. The van der Waals surface area contributed by atoms with Gasteiger partial charge in [0.25, 0.3) is 0 Å². The van der Waals surface area contributed by atoms with E-state index in [0.29, 0.717) is 13.1 Å². The largest absolute Gasteiger partial charge is 0.392 e. The lowest BCUT2D eigenvalue weighted by molar-refractivity contribution is 0.118. The Labute approximate surface area is 148 Å². The molecule has 0 aliphatic carbocycles. The number of nitrogens with one attached hydrogen (secondary N) is 1. The summed E-state index contributed by atoms with van der Waals surface area (Å²) in [4.78, 5) is 18.3. The summed E-state index contributed by atoms with van der Waals surface area (Å²) in [5, 5.41) is 16.8. The lowest BCUT2D eigenvalue weighted by Crippen LogP contribution is -2.46. The highest BCUT2D eigenvalue weighted by atomic mass is 16.3. The summed E-state index contributed by atoms with van der Waals surface area (Å²) in [6.45, 7) is 10.1. The van der Waals surface area contributed by atoms with Crippen LogP contribution in [0.2, 0.25) is 0 Å². The fourth-order valence-electron chi connectivity index (χ4n) is 2.60. The Balaban J connectivity index is 1.99. The van der Waals surface area contributed by atoms with Crippen molar-refractivity contribution in [2.75, 3.05) is 6.54 Å². The van der Waals surface area contributed by atoms with Crippen molar-refractivity contribution in [1.82, 2.24) is 25.0 Å². The van der Waals surface area contributed by atoms with Crippen LogP contribution in [0.15, 0.2) is 24.4 Å². The zero-order valence-corrected chi connectivity index (χ0v) is 15.5. The summed E-state index contributed by atoms with van der Waals surface area (Å²) in [7, 11) is 0. The van der Waals surface area contributed by atoms with E-state index in [1.165, 1.54) is 0 Å². The Morgan fingerprint density at radius 1 is 1.32 bits per heavy atom. The highest BCUT2D eigenvalue weighted by Gasteiger charge is 2.18. The minimum Gasteiger partial charge on any atom is -0.392 e. The van der Waals surface area contributed by atoms with Gasteiger partial charge in [0.15, 0.2) is 5.82 Å². The van der Waals surface area contributed by atoms with Crippen LogP contribution >= 0.6 is 0 Å². The summed E-state index contributed by atoms with van der Waals surface area (Å²) in [5.74, 6) is 0.749. The van der Waals surface area contributed by atoms with Crippen LogP contribution in [0, 0.1) is 13.8 Å². The Hall–Kier alpha value is -2.41. The Morgan fingerprint density at radius 3 is 2.52 bits per heavy atom. The fourth-order valence-corrected chi connectivity index (χ4v) is 2.60. The molecule has 2 amide bonds. The van der Waals surface area contributed by atoms with Gasteiger partial charge in [-0.1, -0.05) is 6.07 Å². The molecule has 0 aromatic carbocycles. The van der Waals surface area contributed by atoms with Gasteiger partial charge in [-0.3, -0.25) is 0 Å². The maximum Gasteiger partial charge on any atom is 0.317 e. The van der Waals surface area contributed by atoms with E-state index in [1.807, 2.05) is 45.9 Å². The normalized spacial score (nSPS) is 12.3. The second-order valence-corrected chi connectivity index (χ2v) is 6.62. The maximum atomic E-state index is 12.3. The number of aliphatic hydroxyl groups excluding tert-OH is 1. The molecule has 1 unspecified atom stereocenters. The maximum absolute atomic E-state index is 12.3. The number of aromatic nitrogens is 3. The SMILES string of the molecule is Cc1cc(C)n(-c2ccc(CNC(=O)N(CC(C)O)C(C)C)cn2)n1. The second-order valence-electron chi connectivity index (χ2n) is 6.62. The third-order valence-corrected chi connectivity index (χ3v) is 3.82. The van der Waals surface area contributed by atoms with Crippen molar-refractivity contribution < 1.29 is 9.90 Å². The highest BCUT2D eigenvalue weighted by molar-refractivity contribution is 5.74. The van der Waals surface area contributed by atoms with Crippen LogP contribution in [-0.2, 0) is 6.54 Å². The molecule has 0 radical (unpaired) electrons. The van der Waals surface area contributed by atoms with E-state index in [0.717, 1.165) is 22.8 Å². The molecule has 0 saturated carbocycles. The Kier molecular flexibility index (Phi) is 6.14. The van der Waals surface area contributed by atoms with Gasteiger partial charge in [0, 0.05) is 31.0 Å². The zero-order valence-electron chi connectivity index (χ0n) is 15.5. The third kappa shape index (κ3) is 5.03. The molecule has 0 bridgehead atoms. The summed E-state index contributed by atoms with van der Waals surface area (Å²) < 4.78 is 1.79. The molecule has 0 saturated heterocycles. The topological polar surface area (TPSA) is 83.3 Å². The Bertz CT molecular complexity index is 707. The van der Waals surface area contributed by atoms with Crippen LogP contribution in [0.5, 0.6) is 0 Å². The molecular weight excluding hydrogens is 318 g/mol. The second kappa shape index (κ2) is 8.11. The van der Waals surface area contributed by atoms with Gasteiger partial charge in [0.2, 0.25) is 0 Å². The Morgan fingerprint density at radius 2 is 2.04 bits per heavy atom. The van der Waals surface area contributed by atoms with E-state index >= 15 is 0 Å². The summed E-state index contributed by atoms with van der Waals surface area (Å²) in [6.07, 6.45) is 1.18. The molecule has 7 nitrogen and oxygen atoms in total. The minimum absolute atomic E-state index is 0.0149. The van der Waals surface area contributed by atoms with Gasteiger partial charge in [0.05, 0.1) is 11.8 Å². The lowest BCUT2D eigenvalue weighted by atomic mass is 10.2. The van der Waals surface area contributed by atoms with Gasteiger partial charge in [-0.15, -0.1) is 0 Å². The molecule has 0 aliphatic rings. The van der Waals surface area contributed by atoms with E-state index in [2.05, 4.69) is 15.4 Å². The summed E-state index contributed by atoms with van der Waals surface area (Å²) >= 11 is 0. The molecule has 2 aromatic rings. The van der Waals surface area contributed by atoms with Crippen LogP contribution in [0.3, 0.4) is 0 Å². The third-order valence-electron chi connectivity index (χ3n) is 3.82. The van der Waals surface area contributed by atoms with Gasteiger partial charge in [-0.2, -0.15) is 5.10 Å². The molecule has 1 atom stereocenters. The number of aliphatic hydroxyl groups is 1. The van der Waals surface area contributed by atoms with Crippen LogP contribution in [0.25, 0.3) is 5.82 Å². The molecule has 2 aromatic heterocycles. The van der Waals surface area contributed by atoms with Crippen molar-refractivity contribution in [1.29, 1.82) is 0 Å². The number of hydrogen-bond donors (Lipinski definition) is 2.